The Bertz CT molecular complexity index is 415. The number of ether oxygens (including phenoxy) is 1. The molecular weight excluding hydrogens is 336 g/mol. The Morgan fingerprint density at radius 2 is 1.28 bits per heavy atom. The molecule has 0 radical (unpaired) electrons. The van der Waals surface area contributed by atoms with Crippen molar-refractivity contribution in [3.63, 3.8) is 0 Å². The zero-order valence-corrected chi connectivity index (χ0v) is 18.1. The zero-order chi connectivity index (χ0) is 19.4. The van der Waals surface area contributed by atoms with Crippen LogP contribution in [0.2, 0.25) is 0 Å². The maximum absolute atomic E-state index is 12.1. The number of hydrogen-bond acceptors (Lipinski definition) is 4. The third kappa shape index (κ3) is 7.96. The van der Waals surface area contributed by atoms with Gasteiger partial charge in [-0.3, -0.25) is 0 Å². The van der Waals surface area contributed by atoms with Crippen molar-refractivity contribution in [1.82, 2.24) is 0 Å². The van der Waals surface area contributed by atoms with Gasteiger partial charge in [-0.05, 0) is 63.2 Å². The summed E-state index contributed by atoms with van der Waals surface area (Å²) >= 11 is 0. The highest BCUT2D eigenvalue weighted by atomic mass is 32.2. The van der Waals surface area contributed by atoms with E-state index in [0.717, 1.165) is 58.0 Å². The lowest BCUT2D eigenvalue weighted by Crippen LogP contribution is -2.36. The van der Waals surface area contributed by atoms with E-state index in [1.54, 1.807) is 0 Å². The molecule has 0 heterocycles. The van der Waals surface area contributed by atoms with Gasteiger partial charge in [0.25, 0.3) is 0 Å². The summed E-state index contributed by atoms with van der Waals surface area (Å²) in [6.45, 7) is 9.99. The van der Waals surface area contributed by atoms with E-state index in [-0.39, 0.29) is 12.0 Å². The van der Waals surface area contributed by atoms with E-state index in [9.17, 15) is 13.5 Å². The summed E-state index contributed by atoms with van der Waals surface area (Å²) in [6, 6.07) is 0. The van der Waals surface area contributed by atoms with Crippen molar-refractivity contribution in [2.75, 3.05) is 26.1 Å². The first-order valence-corrected chi connectivity index (χ1v) is 12.0. The Balaban J connectivity index is 3.91. The summed E-state index contributed by atoms with van der Waals surface area (Å²) < 4.78 is 29.3. The van der Waals surface area contributed by atoms with E-state index in [1.807, 2.05) is 13.8 Å². The first-order chi connectivity index (χ1) is 11.8. The summed E-state index contributed by atoms with van der Waals surface area (Å²) in [4.78, 5) is 0. The Hall–Kier alpha value is -0.130. The topological polar surface area (TPSA) is 63.6 Å². The molecule has 25 heavy (non-hydrogen) atoms. The van der Waals surface area contributed by atoms with Crippen molar-refractivity contribution in [2.45, 2.75) is 96.7 Å². The van der Waals surface area contributed by atoms with Gasteiger partial charge in [0.15, 0.2) is 9.84 Å². The molecule has 5 heteroatoms. The summed E-state index contributed by atoms with van der Waals surface area (Å²) in [5.41, 5.74) is 0.0925. The van der Waals surface area contributed by atoms with E-state index >= 15 is 0 Å². The van der Waals surface area contributed by atoms with Crippen LogP contribution in [0.3, 0.4) is 0 Å². The van der Waals surface area contributed by atoms with Crippen LogP contribution in [0.15, 0.2) is 0 Å². The molecule has 0 aromatic rings. The molecule has 0 aromatic carbocycles. The average molecular weight is 379 g/mol. The molecule has 0 saturated heterocycles. The minimum Gasteiger partial charge on any atom is -0.396 e. The summed E-state index contributed by atoms with van der Waals surface area (Å²) in [5.74, 6) is 0. The average Bonchev–Trinajstić information content (AvgIpc) is 2.60. The second-order valence-electron chi connectivity index (χ2n) is 7.55. The van der Waals surface area contributed by atoms with Gasteiger partial charge >= 0.3 is 0 Å². The lowest BCUT2D eigenvalue weighted by Gasteiger charge is -2.29. The van der Waals surface area contributed by atoms with Crippen molar-refractivity contribution >= 4 is 9.84 Å². The van der Waals surface area contributed by atoms with Crippen molar-refractivity contribution in [1.29, 1.82) is 0 Å². The molecule has 0 aromatic heterocycles. The lowest BCUT2D eigenvalue weighted by atomic mass is 9.79. The fourth-order valence-electron chi connectivity index (χ4n) is 3.68. The van der Waals surface area contributed by atoms with Gasteiger partial charge in [-0.2, -0.15) is 0 Å². The largest absolute Gasteiger partial charge is 0.396 e. The van der Waals surface area contributed by atoms with Crippen LogP contribution in [0.25, 0.3) is 0 Å². The quantitative estimate of drug-likeness (QED) is 0.394. The first kappa shape index (κ1) is 24.9. The number of rotatable bonds is 16. The fraction of sp³-hybridized carbons (Fsp3) is 1.00. The van der Waals surface area contributed by atoms with Gasteiger partial charge in [0.05, 0.1) is 4.75 Å². The second kappa shape index (κ2) is 12.3. The number of aliphatic hydroxyl groups is 1. The molecule has 0 aliphatic carbocycles. The highest BCUT2D eigenvalue weighted by molar-refractivity contribution is 7.92. The van der Waals surface area contributed by atoms with Crippen LogP contribution in [-0.2, 0) is 14.6 Å². The van der Waals surface area contributed by atoms with Crippen LogP contribution >= 0.6 is 0 Å². The Morgan fingerprint density at radius 3 is 1.64 bits per heavy atom. The smallest absolute Gasteiger partial charge is 0.153 e. The standard InChI is InChI=1S/C20H42O4S/c1-6-19(7-2,18-21)14-10-12-16-24-17-13-11-15-20(8-3,9-4)25(5,22)23/h21H,6-18H2,1-5H3. The molecule has 0 aliphatic heterocycles. The number of hydrogen-bond donors (Lipinski definition) is 1. The van der Waals surface area contributed by atoms with E-state index in [0.29, 0.717) is 19.4 Å². The zero-order valence-electron chi connectivity index (χ0n) is 17.3. The van der Waals surface area contributed by atoms with Gasteiger partial charge in [0, 0.05) is 26.1 Å². The molecule has 152 valence electrons. The molecule has 0 bridgehead atoms. The Labute approximate surface area is 156 Å². The van der Waals surface area contributed by atoms with Crippen LogP contribution in [0.1, 0.15) is 91.9 Å². The molecule has 0 rings (SSSR count). The van der Waals surface area contributed by atoms with Gasteiger partial charge < -0.3 is 9.84 Å². The second-order valence-corrected chi connectivity index (χ2v) is 9.96. The summed E-state index contributed by atoms with van der Waals surface area (Å²) in [6.07, 6.45) is 10.5. The Morgan fingerprint density at radius 1 is 0.800 bits per heavy atom. The predicted molar refractivity (Wildman–Crippen MR) is 107 cm³/mol. The van der Waals surface area contributed by atoms with E-state index in [1.165, 1.54) is 6.26 Å². The highest BCUT2D eigenvalue weighted by Gasteiger charge is 2.36. The minimum atomic E-state index is -3.01. The van der Waals surface area contributed by atoms with Gasteiger partial charge in [-0.1, -0.05) is 34.1 Å². The van der Waals surface area contributed by atoms with Gasteiger partial charge in [-0.15, -0.1) is 0 Å². The normalized spacial score (nSPS) is 13.4. The SMILES string of the molecule is CCC(CC)(CO)CCCCOCCCCC(CC)(CC)S(C)(=O)=O. The van der Waals surface area contributed by atoms with Crippen LogP contribution in [0, 0.1) is 5.41 Å². The number of sulfone groups is 1. The van der Waals surface area contributed by atoms with Gasteiger partial charge in [0.2, 0.25) is 0 Å². The van der Waals surface area contributed by atoms with Gasteiger partial charge in [-0.25, -0.2) is 8.42 Å². The predicted octanol–water partition coefficient (Wildman–Crippen LogP) is 4.75. The fourth-order valence-corrected chi connectivity index (χ4v) is 5.24. The number of unbranched alkanes of at least 4 members (excludes halogenated alkanes) is 2. The highest BCUT2D eigenvalue weighted by Crippen LogP contribution is 2.32. The van der Waals surface area contributed by atoms with Crippen LogP contribution in [0.5, 0.6) is 0 Å². The van der Waals surface area contributed by atoms with Crippen molar-refractivity contribution < 1.29 is 18.3 Å². The lowest BCUT2D eigenvalue weighted by molar-refractivity contribution is 0.0910. The van der Waals surface area contributed by atoms with Crippen molar-refractivity contribution in [3.05, 3.63) is 0 Å². The molecule has 0 amide bonds. The molecule has 0 fully saturated rings. The van der Waals surface area contributed by atoms with Crippen LogP contribution < -0.4 is 0 Å². The van der Waals surface area contributed by atoms with Crippen molar-refractivity contribution in [3.8, 4) is 0 Å². The maximum Gasteiger partial charge on any atom is 0.153 e. The molecule has 0 spiro atoms. The monoisotopic (exact) mass is 378 g/mol. The first-order valence-electron chi connectivity index (χ1n) is 10.1. The van der Waals surface area contributed by atoms with Gasteiger partial charge in [0.1, 0.15) is 0 Å². The Kier molecular flexibility index (Phi) is 12.2. The summed E-state index contributed by atoms with van der Waals surface area (Å²) in [5, 5.41) is 9.57. The minimum absolute atomic E-state index is 0.0925. The van der Waals surface area contributed by atoms with E-state index < -0.39 is 14.6 Å². The van der Waals surface area contributed by atoms with Crippen molar-refractivity contribution in [2.24, 2.45) is 5.41 Å². The van der Waals surface area contributed by atoms with E-state index in [4.69, 9.17) is 4.74 Å². The summed E-state index contributed by atoms with van der Waals surface area (Å²) in [7, 11) is -3.01. The maximum atomic E-state index is 12.1. The molecule has 0 saturated carbocycles. The molecular formula is C20H42O4S. The third-order valence-electron chi connectivity index (χ3n) is 6.33. The molecule has 0 aliphatic rings. The van der Waals surface area contributed by atoms with Crippen LogP contribution in [0.4, 0.5) is 0 Å². The van der Waals surface area contributed by atoms with Crippen LogP contribution in [-0.4, -0.2) is 44.3 Å². The third-order valence-corrected chi connectivity index (χ3v) is 8.68. The molecule has 0 unspecified atom stereocenters. The number of aliphatic hydroxyl groups excluding tert-OH is 1. The molecule has 1 N–H and O–H groups in total. The molecule has 4 nitrogen and oxygen atoms in total. The van der Waals surface area contributed by atoms with E-state index in [2.05, 4.69) is 13.8 Å². The molecule has 0 atom stereocenters.